The molecule has 0 amide bonds. The van der Waals surface area contributed by atoms with Crippen LogP contribution in [0.2, 0.25) is 5.02 Å². The van der Waals surface area contributed by atoms with Gasteiger partial charge in [0.15, 0.2) is 17.1 Å². The zero-order valence-corrected chi connectivity index (χ0v) is 12.2. The Bertz CT molecular complexity index is 823. The van der Waals surface area contributed by atoms with Gasteiger partial charge in [-0.2, -0.15) is 0 Å². The zero-order chi connectivity index (χ0) is 14.2. The van der Waals surface area contributed by atoms with Crippen molar-refractivity contribution in [3.05, 3.63) is 35.4 Å². The van der Waals surface area contributed by atoms with Crippen LogP contribution in [0.15, 0.2) is 29.8 Å². The minimum Gasteiger partial charge on any atom is -0.454 e. The van der Waals surface area contributed by atoms with Crippen molar-refractivity contribution in [2.45, 2.75) is 10.8 Å². The third kappa shape index (κ3) is 2.18. The average Bonchev–Trinajstić information content (AvgIpc) is 3.15. The molecule has 0 atom stereocenters. The third-order valence-corrected chi connectivity index (χ3v) is 4.56. The van der Waals surface area contributed by atoms with Gasteiger partial charge in [-0.3, -0.25) is 0 Å². The Hall–Kier alpha value is -1.99. The molecule has 0 saturated carbocycles. The summed E-state index contributed by atoms with van der Waals surface area (Å²) in [5, 5.41) is 1.43. The molecule has 0 unspecified atom stereocenters. The molecule has 0 saturated heterocycles. The van der Waals surface area contributed by atoms with Crippen LogP contribution in [0.5, 0.6) is 11.5 Å². The summed E-state index contributed by atoms with van der Waals surface area (Å²) >= 11 is 7.91. The van der Waals surface area contributed by atoms with Crippen molar-refractivity contribution in [3.63, 3.8) is 0 Å². The Kier molecular flexibility index (Phi) is 3.08. The van der Waals surface area contributed by atoms with Crippen molar-refractivity contribution in [1.82, 2.24) is 19.9 Å². The molecule has 1 aromatic carbocycles. The lowest BCUT2D eigenvalue weighted by Gasteiger charge is -2.06. The van der Waals surface area contributed by atoms with Crippen LogP contribution in [0, 0.1) is 0 Å². The number of benzene rings is 1. The van der Waals surface area contributed by atoms with Crippen LogP contribution >= 0.6 is 23.4 Å². The van der Waals surface area contributed by atoms with E-state index in [0.29, 0.717) is 27.9 Å². The Labute approximate surface area is 128 Å². The van der Waals surface area contributed by atoms with Gasteiger partial charge < -0.3 is 14.5 Å². The van der Waals surface area contributed by atoms with E-state index in [1.54, 1.807) is 18.1 Å². The fraction of sp³-hybridized carbons (Fsp3) is 0.154. The number of aromatic amines is 1. The highest BCUT2D eigenvalue weighted by molar-refractivity contribution is 7.98. The van der Waals surface area contributed by atoms with Crippen LogP contribution in [-0.4, -0.2) is 26.7 Å². The summed E-state index contributed by atoms with van der Waals surface area (Å²) in [7, 11) is 0. The lowest BCUT2D eigenvalue weighted by Crippen LogP contribution is -1.93. The first-order chi connectivity index (χ1) is 10.3. The van der Waals surface area contributed by atoms with Gasteiger partial charge >= 0.3 is 0 Å². The van der Waals surface area contributed by atoms with E-state index in [-0.39, 0.29) is 6.79 Å². The highest BCUT2D eigenvalue weighted by Gasteiger charge is 2.20. The van der Waals surface area contributed by atoms with E-state index in [1.165, 1.54) is 6.33 Å². The molecule has 21 heavy (non-hydrogen) atoms. The van der Waals surface area contributed by atoms with Gasteiger partial charge in [-0.15, -0.1) is 0 Å². The lowest BCUT2D eigenvalue weighted by atomic mass is 10.2. The minimum atomic E-state index is 0.215. The van der Waals surface area contributed by atoms with Crippen molar-refractivity contribution in [2.75, 3.05) is 6.79 Å². The molecule has 3 heterocycles. The van der Waals surface area contributed by atoms with Crippen LogP contribution in [0.4, 0.5) is 0 Å². The third-order valence-electron chi connectivity index (χ3n) is 3.11. The number of ether oxygens (including phenoxy) is 2. The molecule has 0 aliphatic carbocycles. The number of halogens is 1. The van der Waals surface area contributed by atoms with Crippen molar-refractivity contribution >= 4 is 34.5 Å². The summed E-state index contributed by atoms with van der Waals surface area (Å²) in [5.74, 6) is 1.97. The number of nitrogens with one attached hydrogen (secondary N) is 1. The molecule has 2 aromatic heterocycles. The van der Waals surface area contributed by atoms with Crippen molar-refractivity contribution in [3.8, 4) is 11.5 Å². The van der Waals surface area contributed by atoms with Crippen molar-refractivity contribution in [1.29, 1.82) is 0 Å². The number of hydrogen-bond acceptors (Lipinski definition) is 6. The highest BCUT2D eigenvalue weighted by Crippen LogP contribution is 2.42. The molecule has 3 aromatic rings. The number of nitrogens with zero attached hydrogens (tertiary/aromatic N) is 3. The molecule has 0 radical (unpaired) electrons. The second-order valence-electron chi connectivity index (χ2n) is 4.34. The SMILES string of the molecule is Clc1c(CSc2ncnc3nc[nH]c23)ccc2c1OCO2. The standard InChI is InChI=1S/C13H9ClN4O2S/c14-9-7(1-2-8-11(9)20-6-19-8)3-21-13-10-12(16-4-15-10)17-5-18-13/h1-2,4-5H,3,6H2,(H,15,16,17,18). The largest absolute Gasteiger partial charge is 0.454 e. The van der Waals surface area contributed by atoms with E-state index in [1.807, 2.05) is 12.1 Å². The summed E-state index contributed by atoms with van der Waals surface area (Å²) in [4.78, 5) is 15.5. The van der Waals surface area contributed by atoms with Crippen LogP contribution in [0.25, 0.3) is 11.2 Å². The van der Waals surface area contributed by atoms with E-state index >= 15 is 0 Å². The molecular formula is C13H9ClN4O2S. The summed E-state index contributed by atoms with van der Waals surface area (Å²) in [5.41, 5.74) is 2.46. The average molecular weight is 321 g/mol. The fourth-order valence-corrected chi connectivity index (χ4v) is 3.39. The Balaban J connectivity index is 1.61. The molecule has 8 heteroatoms. The van der Waals surface area contributed by atoms with E-state index in [4.69, 9.17) is 21.1 Å². The maximum absolute atomic E-state index is 6.35. The molecule has 1 N–H and O–H groups in total. The first-order valence-corrected chi connectivity index (χ1v) is 7.53. The van der Waals surface area contributed by atoms with Gasteiger partial charge in [-0.1, -0.05) is 29.4 Å². The molecule has 0 bridgehead atoms. The maximum Gasteiger partial charge on any atom is 0.231 e. The number of rotatable bonds is 3. The number of hydrogen-bond donors (Lipinski definition) is 1. The summed E-state index contributed by atoms with van der Waals surface area (Å²) in [6.07, 6.45) is 3.11. The summed E-state index contributed by atoms with van der Waals surface area (Å²) in [6.45, 7) is 0.215. The van der Waals surface area contributed by atoms with Crippen LogP contribution in [-0.2, 0) is 5.75 Å². The maximum atomic E-state index is 6.35. The fourth-order valence-electron chi connectivity index (χ4n) is 2.09. The smallest absolute Gasteiger partial charge is 0.231 e. The monoisotopic (exact) mass is 320 g/mol. The minimum absolute atomic E-state index is 0.215. The number of H-pyrrole nitrogens is 1. The molecule has 0 fully saturated rings. The normalized spacial score (nSPS) is 13.0. The van der Waals surface area contributed by atoms with Gasteiger partial charge in [0.25, 0.3) is 0 Å². The Morgan fingerprint density at radius 1 is 1.24 bits per heavy atom. The second-order valence-corrected chi connectivity index (χ2v) is 5.68. The quantitative estimate of drug-likeness (QED) is 0.590. The lowest BCUT2D eigenvalue weighted by molar-refractivity contribution is 0.174. The first kappa shape index (κ1) is 12.7. The topological polar surface area (TPSA) is 72.9 Å². The van der Waals surface area contributed by atoms with Crippen LogP contribution in [0.3, 0.4) is 0 Å². The Morgan fingerprint density at radius 3 is 3.14 bits per heavy atom. The summed E-state index contributed by atoms with van der Waals surface area (Å²) in [6, 6.07) is 3.81. The number of aromatic nitrogens is 4. The first-order valence-electron chi connectivity index (χ1n) is 6.17. The predicted molar refractivity (Wildman–Crippen MR) is 78.8 cm³/mol. The van der Waals surface area contributed by atoms with E-state index < -0.39 is 0 Å². The van der Waals surface area contributed by atoms with Gasteiger partial charge in [0.1, 0.15) is 16.9 Å². The van der Waals surface area contributed by atoms with Crippen molar-refractivity contribution in [2.24, 2.45) is 0 Å². The van der Waals surface area contributed by atoms with Gasteiger partial charge in [0, 0.05) is 5.75 Å². The van der Waals surface area contributed by atoms with E-state index in [9.17, 15) is 0 Å². The van der Waals surface area contributed by atoms with Crippen molar-refractivity contribution < 1.29 is 9.47 Å². The van der Waals surface area contributed by atoms with Gasteiger partial charge in [-0.25, -0.2) is 15.0 Å². The second kappa shape index (κ2) is 5.09. The molecule has 4 rings (SSSR count). The van der Waals surface area contributed by atoms with E-state index in [0.717, 1.165) is 16.1 Å². The van der Waals surface area contributed by atoms with E-state index in [2.05, 4.69) is 19.9 Å². The molecule has 106 valence electrons. The predicted octanol–water partition coefficient (Wildman–Crippen LogP) is 3.03. The molecule has 0 spiro atoms. The number of fused-ring (bicyclic) bond motifs is 2. The molecular weight excluding hydrogens is 312 g/mol. The number of thioether (sulfide) groups is 1. The molecule has 1 aliphatic rings. The van der Waals surface area contributed by atoms with Crippen LogP contribution in [0.1, 0.15) is 5.56 Å². The molecule has 6 nitrogen and oxygen atoms in total. The van der Waals surface area contributed by atoms with Crippen LogP contribution < -0.4 is 9.47 Å². The Morgan fingerprint density at radius 2 is 2.19 bits per heavy atom. The van der Waals surface area contributed by atoms with Gasteiger partial charge in [0.05, 0.1) is 11.3 Å². The zero-order valence-electron chi connectivity index (χ0n) is 10.7. The van der Waals surface area contributed by atoms with Gasteiger partial charge in [-0.05, 0) is 11.6 Å². The van der Waals surface area contributed by atoms with Gasteiger partial charge in [0.2, 0.25) is 6.79 Å². The highest BCUT2D eigenvalue weighted by atomic mass is 35.5. The summed E-state index contributed by atoms with van der Waals surface area (Å²) < 4.78 is 10.7. The number of imidazole rings is 1. The molecule has 1 aliphatic heterocycles.